The summed E-state index contributed by atoms with van der Waals surface area (Å²) in [6.45, 7) is 0.911. The number of anilines is 2. The molecule has 7 heteroatoms. The summed E-state index contributed by atoms with van der Waals surface area (Å²) in [5.74, 6) is -3.52. The normalized spacial score (nSPS) is 20.4. The van der Waals surface area contributed by atoms with Gasteiger partial charge < -0.3 is 10.6 Å². The predicted molar refractivity (Wildman–Crippen MR) is 70.7 cm³/mol. The van der Waals surface area contributed by atoms with E-state index in [2.05, 4.69) is 16.0 Å². The number of nitrogens with one attached hydrogen (secondary N) is 3. The quantitative estimate of drug-likeness (QED) is 0.789. The van der Waals surface area contributed by atoms with Gasteiger partial charge in [-0.2, -0.15) is 0 Å². The van der Waals surface area contributed by atoms with Gasteiger partial charge in [0.2, 0.25) is 11.8 Å². The van der Waals surface area contributed by atoms with Gasteiger partial charge in [-0.3, -0.25) is 14.9 Å². The highest BCUT2D eigenvalue weighted by Gasteiger charge is 2.42. The van der Waals surface area contributed by atoms with Crippen molar-refractivity contribution in [3.05, 3.63) is 24.3 Å². The summed E-state index contributed by atoms with van der Waals surface area (Å²) in [5, 5.41) is 7.63. The Labute approximate surface area is 114 Å². The third kappa shape index (κ3) is 3.74. The highest BCUT2D eigenvalue weighted by Crippen LogP contribution is 2.25. The molecule has 0 saturated carbocycles. The van der Waals surface area contributed by atoms with Crippen molar-refractivity contribution >= 4 is 23.2 Å². The van der Waals surface area contributed by atoms with Gasteiger partial charge in [-0.1, -0.05) is 0 Å². The van der Waals surface area contributed by atoms with Crippen LogP contribution in [0.1, 0.15) is 13.3 Å². The first kappa shape index (κ1) is 14.4. The summed E-state index contributed by atoms with van der Waals surface area (Å²) >= 11 is 0. The highest BCUT2D eigenvalue weighted by atomic mass is 19.3. The molecule has 2 rings (SSSR count). The lowest BCUT2D eigenvalue weighted by molar-refractivity contribution is -0.118. The van der Waals surface area contributed by atoms with Crippen molar-refractivity contribution in [1.29, 1.82) is 0 Å². The van der Waals surface area contributed by atoms with Crippen LogP contribution in [0.25, 0.3) is 0 Å². The van der Waals surface area contributed by atoms with Crippen LogP contribution in [0.3, 0.4) is 0 Å². The van der Waals surface area contributed by atoms with Gasteiger partial charge in [0, 0.05) is 24.7 Å². The van der Waals surface area contributed by atoms with Crippen LogP contribution in [-0.4, -0.2) is 30.3 Å². The van der Waals surface area contributed by atoms with E-state index in [0.717, 1.165) is 0 Å². The van der Waals surface area contributed by atoms with Crippen LogP contribution in [0.5, 0.6) is 0 Å². The zero-order chi connectivity index (χ0) is 14.8. The molecule has 1 heterocycles. The van der Waals surface area contributed by atoms with Gasteiger partial charge >= 0.3 is 0 Å². The standard InChI is InChI=1S/C13H15F2N3O2/c1-8(19)17-9-2-4-10(5-3-9)18-12(20)11-6-13(14,15)7-16-11/h2-5,11,16H,6-7H2,1H3,(H,17,19)(H,18,20). The number of rotatable bonds is 3. The summed E-state index contributed by atoms with van der Waals surface area (Å²) < 4.78 is 26.0. The van der Waals surface area contributed by atoms with E-state index in [0.29, 0.717) is 11.4 Å². The van der Waals surface area contributed by atoms with Gasteiger partial charge in [0.1, 0.15) is 0 Å². The van der Waals surface area contributed by atoms with Crippen molar-refractivity contribution in [3.8, 4) is 0 Å². The number of amides is 2. The zero-order valence-corrected chi connectivity index (χ0v) is 10.9. The Morgan fingerprint density at radius 2 is 1.75 bits per heavy atom. The van der Waals surface area contributed by atoms with Crippen molar-refractivity contribution in [2.24, 2.45) is 0 Å². The topological polar surface area (TPSA) is 70.2 Å². The maximum atomic E-state index is 13.0. The van der Waals surface area contributed by atoms with E-state index in [9.17, 15) is 18.4 Å². The largest absolute Gasteiger partial charge is 0.326 e. The van der Waals surface area contributed by atoms with Crippen molar-refractivity contribution in [2.75, 3.05) is 17.2 Å². The monoisotopic (exact) mass is 283 g/mol. The Kier molecular flexibility index (Phi) is 3.99. The molecule has 1 unspecified atom stereocenters. The fourth-order valence-corrected chi connectivity index (χ4v) is 1.97. The zero-order valence-electron chi connectivity index (χ0n) is 10.9. The molecule has 1 aromatic carbocycles. The summed E-state index contributed by atoms with van der Waals surface area (Å²) in [6.07, 6.45) is -0.497. The van der Waals surface area contributed by atoms with Crippen LogP contribution in [0.15, 0.2) is 24.3 Å². The maximum absolute atomic E-state index is 13.0. The first-order valence-electron chi connectivity index (χ1n) is 6.15. The van der Waals surface area contributed by atoms with Gasteiger partial charge in [0.05, 0.1) is 12.6 Å². The summed E-state index contributed by atoms with van der Waals surface area (Å²) in [6, 6.07) is 5.54. The highest BCUT2D eigenvalue weighted by molar-refractivity contribution is 5.95. The van der Waals surface area contributed by atoms with Gasteiger partial charge in [-0.05, 0) is 24.3 Å². The lowest BCUT2D eigenvalue weighted by Gasteiger charge is -2.11. The minimum Gasteiger partial charge on any atom is -0.326 e. The fraction of sp³-hybridized carbons (Fsp3) is 0.385. The number of hydrogen-bond donors (Lipinski definition) is 3. The molecule has 1 saturated heterocycles. The molecule has 20 heavy (non-hydrogen) atoms. The number of alkyl halides is 2. The van der Waals surface area contributed by atoms with E-state index in [4.69, 9.17) is 0 Å². The fourth-order valence-electron chi connectivity index (χ4n) is 1.97. The molecule has 3 N–H and O–H groups in total. The molecule has 1 aliphatic heterocycles. The number of carbonyl (C=O) groups is 2. The van der Waals surface area contributed by atoms with E-state index < -0.39 is 30.8 Å². The minimum absolute atomic E-state index is 0.195. The van der Waals surface area contributed by atoms with E-state index in [-0.39, 0.29) is 5.91 Å². The van der Waals surface area contributed by atoms with Crippen LogP contribution >= 0.6 is 0 Å². The molecule has 5 nitrogen and oxygen atoms in total. The smallest absolute Gasteiger partial charge is 0.262 e. The number of halogens is 2. The lowest BCUT2D eigenvalue weighted by atomic mass is 10.2. The summed E-state index contributed by atoms with van der Waals surface area (Å²) in [5.41, 5.74) is 1.09. The average molecular weight is 283 g/mol. The van der Waals surface area contributed by atoms with Crippen LogP contribution in [0.2, 0.25) is 0 Å². The average Bonchev–Trinajstić information content (AvgIpc) is 2.72. The Morgan fingerprint density at radius 1 is 1.20 bits per heavy atom. The molecule has 0 aliphatic carbocycles. The van der Waals surface area contributed by atoms with Crippen molar-refractivity contribution in [3.63, 3.8) is 0 Å². The van der Waals surface area contributed by atoms with E-state index in [1.807, 2.05) is 0 Å². The number of hydrogen-bond acceptors (Lipinski definition) is 3. The van der Waals surface area contributed by atoms with Gasteiger partial charge in [0.15, 0.2) is 0 Å². The second kappa shape index (κ2) is 5.54. The lowest BCUT2D eigenvalue weighted by Crippen LogP contribution is -2.35. The minimum atomic E-state index is -2.84. The second-order valence-electron chi connectivity index (χ2n) is 4.74. The van der Waals surface area contributed by atoms with Crippen molar-refractivity contribution < 1.29 is 18.4 Å². The molecule has 1 fully saturated rings. The third-order valence-electron chi connectivity index (χ3n) is 2.90. The molecule has 0 spiro atoms. The Balaban J connectivity index is 1.93. The molecule has 1 atom stereocenters. The van der Waals surface area contributed by atoms with Crippen LogP contribution < -0.4 is 16.0 Å². The Bertz CT molecular complexity index is 517. The molecular formula is C13H15F2N3O2. The van der Waals surface area contributed by atoms with Crippen LogP contribution in [0.4, 0.5) is 20.2 Å². The van der Waals surface area contributed by atoms with Crippen molar-refractivity contribution in [2.45, 2.75) is 25.3 Å². The van der Waals surface area contributed by atoms with Crippen LogP contribution in [0, 0.1) is 0 Å². The number of benzene rings is 1. The Hall–Kier alpha value is -2.02. The molecular weight excluding hydrogens is 268 g/mol. The molecule has 2 amide bonds. The summed E-state index contributed by atoms with van der Waals surface area (Å²) in [7, 11) is 0. The molecule has 1 aromatic rings. The number of carbonyl (C=O) groups excluding carboxylic acids is 2. The Morgan fingerprint density at radius 3 is 2.20 bits per heavy atom. The summed E-state index contributed by atoms with van der Waals surface area (Å²) in [4.78, 5) is 22.6. The SMILES string of the molecule is CC(=O)Nc1ccc(NC(=O)C2CC(F)(F)CN2)cc1. The van der Waals surface area contributed by atoms with Gasteiger partial charge in [0.25, 0.3) is 5.92 Å². The van der Waals surface area contributed by atoms with Crippen molar-refractivity contribution in [1.82, 2.24) is 5.32 Å². The van der Waals surface area contributed by atoms with E-state index >= 15 is 0 Å². The van der Waals surface area contributed by atoms with Gasteiger partial charge in [-0.15, -0.1) is 0 Å². The van der Waals surface area contributed by atoms with Gasteiger partial charge in [-0.25, -0.2) is 8.78 Å². The van der Waals surface area contributed by atoms with Crippen LogP contribution in [-0.2, 0) is 9.59 Å². The molecule has 1 aliphatic rings. The van der Waals surface area contributed by atoms with E-state index in [1.165, 1.54) is 6.92 Å². The van der Waals surface area contributed by atoms with E-state index in [1.54, 1.807) is 24.3 Å². The molecule has 0 aromatic heterocycles. The first-order valence-corrected chi connectivity index (χ1v) is 6.15. The predicted octanol–water partition coefficient (Wildman–Crippen LogP) is 1.58. The second-order valence-corrected chi connectivity index (χ2v) is 4.74. The molecule has 0 radical (unpaired) electrons. The molecule has 0 bridgehead atoms. The maximum Gasteiger partial charge on any atom is 0.262 e. The third-order valence-corrected chi connectivity index (χ3v) is 2.90. The first-order chi connectivity index (χ1) is 9.35. The molecule has 108 valence electrons.